The van der Waals surface area contributed by atoms with Gasteiger partial charge in [-0.2, -0.15) is 0 Å². The second-order valence-electron chi connectivity index (χ2n) is 5.15. The lowest BCUT2D eigenvalue weighted by Crippen LogP contribution is -2.15. The van der Waals surface area contributed by atoms with Crippen molar-refractivity contribution in [2.24, 2.45) is 0 Å². The molecule has 2 N–H and O–H groups in total. The van der Waals surface area contributed by atoms with Gasteiger partial charge in [0.1, 0.15) is 0 Å². The number of nitrogens with one attached hydrogen (secondary N) is 1. The number of hydrogen-bond donors (Lipinski definition) is 2. The van der Waals surface area contributed by atoms with Crippen LogP contribution in [-0.2, 0) is 12.8 Å². The zero-order valence-corrected chi connectivity index (χ0v) is 12.3. The number of aromatic amines is 1. The molecule has 0 unspecified atom stereocenters. The molecule has 2 heterocycles. The average molecular weight is 309 g/mol. The molecule has 0 atom stereocenters. The fraction of sp³-hybridized carbons (Fsp3) is 0.118. The van der Waals surface area contributed by atoms with Crippen molar-refractivity contribution in [2.75, 3.05) is 0 Å². The first-order valence-electron chi connectivity index (χ1n) is 7.18. The molecule has 3 aromatic rings. The van der Waals surface area contributed by atoms with Crippen LogP contribution >= 0.6 is 0 Å². The molecule has 0 aliphatic carbocycles. The number of nitrogens with zero attached hydrogens (tertiary/aromatic N) is 2. The minimum Gasteiger partial charge on any atom is -0.478 e. The monoisotopic (exact) mass is 309 g/mol. The molecule has 6 heteroatoms. The zero-order valence-electron chi connectivity index (χ0n) is 12.3. The Morgan fingerprint density at radius 2 is 1.91 bits per heavy atom. The van der Waals surface area contributed by atoms with E-state index in [1.807, 2.05) is 30.3 Å². The molecule has 6 nitrogen and oxygen atoms in total. The average Bonchev–Trinajstić information content (AvgIpc) is 2.95. The van der Waals surface area contributed by atoms with Crippen molar-refractivity contribution in [3.63, 3.8) is 0 Å². The Hall–Kier alpha value is -3.15. The van der Waals surface area contributed by atoms with E-state index in [2.05, 4.69) is 10.1 Å². The van der Waals surface area contributed by atoms with Crippen LogP contribution in [0.15, 0.2) is 59.5 Å². The Labute approximate surface area is 132 Å². The summed E-state index contributed by atoms with van der Waals surface area (Å²) in [5.41, 5.74) is 1.79. The lowest BCUT2D eigenvalue weighted by molar-refractivity contribution is 0.0696. The van der Waals surface area contributed by atoms with Crippen LogP contribution in [0, 0.1) is 0 Å². The van der Waals surface area contributed by atoms with E-state index in [9.17, 15) is 9.59 Å². The number of aryl methyl sites for hydroxylation is 2. The van der Waals surface area contributed by atoms with Crippen molar-refractivity contribution in [2.45, 2.75) is 12.8 Å². The standard InChI is InChI=1S/C17H15N3O3/c21-16-11-14(7-6-12-4-2-1-3-5-12)19-20(16)15-10-13(17(22)23)8-9-18-15/h1-5,8-11,19H,6-7H2,(H,22,23). The SMILES string of the molecule is O=C(O)c1ccnc(-n2[nH]c(CCc3ccccc3)cc2=O)c1. The highest BCUT2D eigenvalue weighted by Gasteiger charge is 2.09. The largest absolute Gasteiger partial charge is 0.478 e. The lowest BCUT2D eigenvalue weighted by atomic mass is 10.1. The van der Waals surface area contributed by atoms with Gasteiger partial charge in [0.2, 0.25) is 0 Å². The van der Waals surface area contributed by atoms with Crippen molar-refractivity contribution < 1.29 is 9.90 Å². The summed E-state index contributed by atoms with van der Waals surface area (Å²) in [6, 6.07) is 14.2. The molecule has 2 aromatic heterocycles. The number of rotatable bonds is 5. The summed E-state index contributed by atoms with van der Waals surface area (Å²) in [6.07, 6.45) is 2.87. The van der Waals surface area contributed by atoms with Gasteiger partial charge in [-0.3, -0.25) is 9.89 Å². The summed E-state index contributed by atoms with van der Waals surface area (Å²) >= 11 is 0. The maximum absolute atomic E-state index is 12.1. The Morgan fingerprint density at radius 1 is 1.13 bits per heavy atom. The van der Waals surface area contributed by atoms with E-state index in [4.69, 9.17) is 5.11 Å². The number of hydrogen-bond acceptors (Lipinski definition) is 3. The third-order valence-electron chi connectivity index (χ3n) is 3.52. The second kappa shape index (κ2) is 6.31. The minimum absolute atomic E-state index is 0.0855. The lowest BCUT2D eigenvalue weighted by Gasteiger charge is -2.03. The van der Waals surface area contributed by atoms with Crippen LogP contribution < -0.4 is 5.56 Å². The highest BCUT2D eigenvalue weighted by Crippen LogP contribution is 2.07. The van der Waals surface area contributed by atoms with Crippen molar-refractivity contribution in [3.05, 3.63) is 81.9 Å². The molecular formula is C17H15N3O3. The smallest absolute Gasteiger partial charge is 0.335 e. The molecule has 0 fully saturated rings. The topological polar surface area (TPSA) is 88.0 Å². The van der Waals surface area contributed by atoms with E-state index in [0.717, 1.165) is 12.1 Å². The molecule has 116 valence electrons. The predicted molar refractivity (Wildman–Crippen MR) is 85.0 cm³/mol. The van der Waals surface area contributed by atoms with Crippen LogP contribution in [0.3, 0.4) is 0 Å². The first-order valence-corrected chi connectivity index (χ1v) is 7.18. The Bertz CT molecular complexity index is 881. The van der Waals surface area contributed by atoms with E-state index in [-0.39, 0.29) is 16.9 Å². The van der Waals surface area contributed by atoms with Gasteiger partial charge in [-0.05, 0) is 30.5 Å². The first kappa shape index (κ1) is 14.8. The van der Waals surface area contributed by atoms with Crippen molar-refractivity contribution >= 4 is 5.97 Å². The Balaban J connectivity index is 1.82. The second-order valence-corrected chi connectivity index (χ2v) is 5.15. The van der Waals surface area contributed by atoms with E-state index >= 15 is 0 Å². The fourth-order valence-electron chi connectivity index (χ4n) is 2.34. The van der Waals surface area contributed by atoms with Crippen LogP contribution in [0.25, 0.3) is 5.82 Å². The van der Waals surface area contributed by atoms with Crippen molar-refractivity contribution in [1.82, 2.24) is 14.8 Å². The number of benzene rings is 1. The van der Waals surface area contributed by atoms with Gasteiger partial charge in [-0.15, -0.1) is 0 Å². The number of pyridine rings is 1. The van der Waals surface area contributed by atoms with Crippen LogP contribution in [0.5, 0.6) is 0 Å². The van der Waals surface area contributed by atoms with Gasteiger partial charge in [0.15, 0.2) is 5.82 Å². The van der Waals surface area contributed by atoms with Gasteiger partial charge in [0.25, 0.3) is 5.56 Å². The third-order valence-corrected chi connectivity index (χ3v) is 3.52. The molecule has 0 bridgehead atoms. The number of H-pyrrole nitrogens is 1. The summed E-state index contributed by atoms with van der Waals surface area (Å²) in [7, 11) is 0. The number of carboxylic acids is 1. The highest BCUT2D eigenvalue weighted by molar-refractivity contribution is 5.87. The van der Waals surface area contributed by atoms with Gasteiger partial charge < -0.3 is 5.11 Å². The van der Waals surface area contributed by atoms with E-state index in [1.165, 1.54) is 34.6 Å². The zero-order chi connectivity index (χ0) is 16.2. The molecular weight excluding hydrogens is 294 g/mol. The maximum Gasteiger partial charge on any atom is 0.335 e. The van der Waals surface area contributed by atoms with Crippen LogP contribution in [-0.4, -0.2) is 25.8 Å². The van der Waals surface area contributed by atoms with Crippen LogP contribution in [0.1, 0.15) is 21.6 Å². The molecule has 0 aliphatic rings. The van der Waals surface area contributed by atoms with E-state index in [0.29, 0.717) is 6.42 Å². The molecule has 1 aromatic carbocycles. The van der Waals surface area contributed by atoms with Gasteiger partial charge >= 0.3 is 5.97 Å². The first-order chi connectivity index (χ1) is 11.1. The predicted octanol–water partition coefficient (Wildman–Crippen LogP) is 2.04. The summed E-state index contributed by atoms with van der Waals surface area (Å²) < 4.78 is 1.26. The quantitative estimate of drug-likeness (QED) is 0.755. The van der Waals surface area contributed by atoms with Gasteiger partial charge in [-0.1, -0.05) is 30.3 Å². The summed E-state index contributed by atoms with van der Waals surface area (Å²) in [6.45, 7) is 0. The number of aromatic nitrogens is 3. The van der Waals surface area contributed by atoms with Crippen LogP contribution in [0.4, 0.5) is 0 Å². The number of carbonyl (C=O) groups is 1. The number of aromatic carboxylic acids is 1. The normalized spacial score (nSPS) is 10.6. The summed E-state index contributed by atoms with van der Waals surface area (Å²) in [5, 5.41) is 12.0. The molecule has 0 saturated heterocycles. The minimum atomic E-state index is -1.06. The van der Waals surface area contributed by atoms with E-state index in [1.54, 1.807) is 0 Å². The highest BCUT2D eigenvalue weighted by atomic mass is 16.4. The number of carboxylic acid groups (broad SMARTS) is 1. The molecule has 0 spiro atoms. The van der Waals surface area contributed by atoms with Crippen LogP contribution in [0.2, 0.25) is 0 Å². The molecule has 0 amide bonds. The molecule has 0 aliphatic heterocycles. The molecule has 0 radical (unpaired) electrons. The van der Waals surface area contributed by atoms with Crippen molar-refractivity contribution in [3.8, 4) is 5.82 Å². The fourth-order valence-corrected chi connectivity index (χ4v) is 2.34. The van der Waals surface area contributed by atoms with Crippen molar-refractivity contribution in [1.29, 1.82) is 0 Å². The summed E-state index contributed by atoms with van der Waals surface area (Å²) in [4.78, 5) is 27.1. The maximum atomic E-state index is 12.1. The summed E-state index contributed by atoms with van der Waals surface area (Å²) in [5.74, 6) is -0.793. The van der Waals surface area contributed by atoms with Gasteiger partial charge in [-0.25, -0.2) is 14.5 Å². The Morgan fingerprint density at radius 3 is 2.65 bits per heavy atom. The Kier molecular flexibility index (Phi) is 4.05. The molecule has 3 rings (SSSR count). The molecule has 0 saturated carbocycles. The van der Waals surface area contributed by atoms with Gasteiger partial charge in [0.05, 0.1) is 5.56 Å². The molecule has 23 heavy (non-hydrogen) atoms. The van der Waals surface area contributed by atoms with E-state index < -0.39 is 5.97 Å². The third kappa shape index (κ3) is 3.37. The van der Waals surface area contributed by atoms with Gasteiger partial charge in [0, 0.05) is 18.0 Å².